The van der Waals surface area contributed by atoms with Crippen LogP contribution in [0, 0.1) is 11.8 Å². The molecule has 142 valence electrons. The van der Waals surface area contributed by atoms with E-state index in [-0.39, 0.29) is 23.8 Å². The number of halogens is 1. The highest BCUT2D eigenvalue weighted by atomic mass is 35.5. The fraction of sp³-hybridized carbons (Fsp3) is 0.333. The highest BCUT2D eigenvalue weighted by Gasteiger charge is 2.29. The van der Waals surface area contributed by atoms with Crippen LogP contribution in [0.2, 0.25) is 5.02 Å². The summed E-state index contributed by atoms with van der Waals surface area (Å²) >= 11 is 5.97. The van der Waals surface area contributed by atoms with Crippen molar-refractivity contribution in [2.75, 3.05) is 23.7 Å². The van der Waals surface area contributed by atoms with E-state index in [0.717, 1.165) is 18.5 Å². The Kier molecular flexibility index (Phi) is 6.35. The van der Waals surface area contributed by atoms with Gasteiger partial charge in [-0.25, -0.2) is 4.79 Å². The Bertz CT molecular complexity index is 789. The lowest BCUT2D eigenvalue weighted by molar-refractivity contribution is -0.121. The summed E-state index contributed by atoms with van der Waals surface area (Å²) in [5, 5.41) is 6.44. The maximum atomic E-state index is 12.5. The van der Waals surface area contributed by atoms with E-state index in [0.29, 0.717) is 23.8 Å². The van der Waals surface area contributed by atoms with E-state index >= 15 is 0 Å². The number of carbonyl (C=O) groups excluding carboxylic acids is 2. The Labute approximate surface area is 164 Å². The number of likely N-dealkylation sites (tertiary alicyclic amines) is 1. The van der Waals surface area contributed by atoms with Crippen molar-refractivity contribution in [3.8, 4) is 0 Å². The summed E-state index contributed by atoms with van der Waals surface area (Å²) < 4.78 is 0. The summed E-state index contributed by atoms with van der Waals surface area (Å²) in [6.07, 6.45) is 1.62. The average molecular weight is 386 g/mol. The van der Waals surface area contributed by atoms with E-state index in [9.17, 15) is 9.59 Å². The van der Waals surface area contributed by atoms with E-state index in [4.69, 9.17) is 11.6 Å². The van der Waals surface area contributed by atoms with Crippen molar-refractivity contribution in [3.63, 3.8) is 0 Å². The number of nitrogens with one attached hydrogen (secondary N) is 2. The van der Waals surface area contributed by atoms with Crippen molar-refractivity contribution in [2.45, 2.75) is 19.8 Å². The van der Waals surface area contributed by atoms with E-state index in [1.54, 1.807) is 12.1 Å². The third-order valence-corrected chi connectivity index (χ3v) is 5.30. The van der Waals surface area contributed by atoms with Crippen molar-refractivity contribution in [2.24, 2.45) is 11.8 Å². The predicted octanol–water partition coefficient (Wildman–Crippen LogP) is 4.86. The summed E-state index contributed by atoms with van der Waals surface area (Å²) in [7, 11) is 0. The monoisotopic (exact) mass is 385 g/mol. The third kappa shape index (κ3) is 5.23. The third-order valence-electron chi connectivity index (χ3n) is 5.06. The number of urea groups is 1. The Morgan fingerprint density at radius 2 is 1.67 bits per heavy atom. The summed E-state index contributed by atoms with van der Waals surface area (Å²) in [5.74, 6) is 0.123. The number of carbonyl (C=O) groups is 2. The summed E-state index contributed by atoms with van der Waals surface area (Å²) in [6, 6.07) is 16.5. The molecule has 1 fully saturated rings. The Hall–Kier alpha value is -2.53. The fourth-order valence-electron chi connectivity index (χ4n) is 3.36. The number of amides is 3. The van der Waals surface area contributed by atoms with Crippen molar-refractivity contribution in [1.29, 1.82) is 0 Å². The first-order valence-corrected chi connectivity index (χ1v) is 9.58. The SMILES string of the molecule is C[C@H](C(=O)Nc1cccc(Cl)c1)C1CCN(C(=O)Nc2ccccc2)CC1. The second-order valence-electron chi connectivity index (χ2n) is 6.91. The molecule has 27 heavy (non-hydrogen) atoms. The second kappa shape index (κ2) is 8.91. The Balaban J connectivity index is 1.49. The van der Waals surface area contributed by atoms with Crippen LogP contribution in [0.15, 0.2) is 54.6 Å². The number of hydrogen-bond donors (Lipinski definition) is 2. The molecular formula is C21H24ClN3O2. The van der Waals surface area contributed by atoms with Crippen LogP contribution in [-0.2, 0) is 4.79 Å². The zero-order valence-corrected chi connectivity index (χ0v) is 16.1. The topological polar surface area (TPSA) is 61.4 Å². The van der Waals surface area contributed by atoms with Crippen LogP contribution in [0.25, 0.3) is 0 Å². The minimum Gasteiger partial charge on any atom is -0.326 e. The molecule has 0 aliphatic carbocycles. The molecule has 0 aromatic heterocycles. The summed E-state index contributed by atoms with van der Waals surface area (Å²) in [5.41, 5.74) is 1.50. The molecule has 5 nitrogen and oxygen atoms in total. The smallest absolute Gasteiger partial charge is 0.321 e. The molecule has 2 aromatic carbocycles. The molecule has 0 radical (unpaired) electrons. The molecule has 1 aliphatic heterocycles. The number of rotatable bonds is 4. The molecule has 2 N–H and O–H groups in total. The highest BCUT2D eigenvalue weighted by molar-refractivity contribution is 6.30. The van der Waals surface area contributed by atoms with E-state index in [1.165, 1.54) is 0 Å². The minimum absolute atomic E-state index is 0.00977. The van der Waals surface area contributed by atoms with Gasteiger partial charge in [0.15, 0.2) is 0 Å². The van der Waals surface area contributed by atoms with Crippen LogP contribution in [0.5, 0.6) is 0 Å². The van der Waals surface area contributed by atoms with Gasteiger partial charge in [-0.3, -0.25) is 4.79 Å². The van der Waals surface area contributed by atoms with Crippen molar-refractivity contribution < 1.29 is 9.59 Å². The number of benzene rings is 2. The number of para-hydroxylation sites is 1. The lowest BCUT2D eigenvalue weighted by Crippen LogP contribution is -2.43. The zero-order valence-electron chi connectivity index (χ0n) is 15.3. The van der Waals surface area contributed by atoms with E-state index < -0.39 is 0 Å². The number of piperidine rings is 1. The van der Waals surface area contributed by atoms with Crippen molar-refractivity contribution in [1.82, 2.24) is 4.90 Å². The van der Waals surface area contributed by atoms with Gasteiger partial charge in [-0.05, 0) is 49.1 Å². The highest BCUT2D eigenvalue weighted by Crippen LogP contribution is 2.27. The molecule has 3 amide bonds. The molecule has 1 atom stereocenters. The maximum Gasteiger partial charge on any atom is 0.321 e. The standard InChI is InChI=1S/C21H24ClN3O2/c1-15(20(26)23-19-9-5-6-17(22)14-19)16-10-12-25(13-11-16)21(27)24-18-7-3-2-4-8-18/h2-9,14-16H,10-13H2,1H3,(H,23,26)(H,24,27)/t15-/m0/s1. The van der Waals surface area contributed by atoms with Gasteiger partial charge in [0, 0.05) is 35.4 Å². The van der Waals surface area contributed by atoms with Gasteiger partial charge in [0.05, 0.1) is 0 Å². The maximum absolute atomic E-state index is 12.5. The average Bonchev–Trinajstić information content (AvgIpc) is 2.68. The first-order chi connectivity index (χ1) is 13.0. The molecule has 0 unspecified atom stereocenters. The molecule has 1 heterocycles. The van der Waals surface area contributed by atoms with E-state index in [1.807, 2.05) is 54.3 Å². The van der Waals surface area contributed by atoms with Gasteiger partial charge in [0.2, 0.25) is 5.91 Å². The Morgan fingerprint density at radius 3 is 2.33 bits per heavy atom. The van der Waals surface area contributed by atoms with Crippen LogP contribution in [0.3, 0.4) is 0 Å². The molecular weight excluding hydrogens is 362 g/mol. The number of nitrogens with zero attached hydrogens (tertiary/aromatic N) is 1. The normalized spacial score (nSPS) is 15.9. The van der Waals surface area contributed by atoms with E-state index in [2.05, 4.69) is 10.6 Å². The van der Waals surface area contributed by atoms with Crippen LogP contribution in [0.4, 0.5) is 16.2 Å². The minimum atomic E-state index is -0.122. The van der Waals surface area contributed by atoms with Gasteiger partial charge >= 0.3 is 6.03 Å². The molecule has 6 heteroatoms. The van der Waals surface area contributed by atoms with Crippen LogP contribution >= 0.6 is 11.6 Å². The van der Waals surface area contributed by atoms with Crippen molar-refractivity contribution >= 4 is 34.9 Å². The second-order valence-corrected chi connectivity index (χ2v) is 7.35. The molecule has 1 saturated heterocycles. The van der Waals surface area contributed by atoms with Gasteiger partial charge in [0.25, 0.3) is 0 Å². The molecule has 0 spiro atoms. The van der Waals surface area contributed by atoms with Crippen LogP contribution in [-0.4, -0.2) is 29.9 Å². The molecule has 2 aromatic rings. The quantitative estimate of drug-likeness (QED) is 0.789. The molecule has 0 saturated carbocycles. The van der Waals surface area contributed by atoms with Crippen LogP contribution < -0.4 is 10.6 Å². The molecule has 3 rings (SSSR count). The lowest BCUT2D eigenvalue weighted by Gasteiger charge is -2.34. The molecule has 0 bridgehead atoms. The predicted molar refractivity (Wildman–Crippen MR) is 109 cm³/mol. The lowest BCUT2D eigenvalue weighted by atomic mass is 9.85. The van der Waals surface area contributed by atoms with Gasteiger partial charge in [0.1, 0.15) is 0 Å². The van der Waals surface area contributed by atoms with Gasteiger partial charge in [-0.1, -0.05) is 42.8 Å². The van der Waals surface area contributed by atoms with Gasteiger partial charge in [-0.15, -0.1) is 0 Å². The number of hydrogen-bond acceptors (Lipinski definition) is 2. The zero-order chi connectivity index (χ0) is 19.2. The van der Waals surface area contributed by atoms with Crippen molar-refractivity contribution in [3.05, 3.63) is 59.6 Å². The van der Waals surface area contributed by atoms with Gasteiger partial charge < -0.3 is 15.5 Å². The summed E-state index contributed by atoms with van der Waals surface area (Å²) in [4.78, 5) is 26.7. The van der Waals surface area contributed by atoms with Gasteiger partial charge in [-0.2, -0.15) is 0 Å². The fourth-order valence-corrected chi connectivity index (χ4v) is 3.55. The summed E-state index contributed by atoms with van der Waals surface area (Å²) in [6.45, 7) is 3.25. The Morgan fingerprint density at radius 1 is 1.00 bits per heavy atom. The first-order valence-electron chi connectivity index (χ1n) is 9.20. The molecule has 1 aliphatic rings. The first kappa shape index (κ1) is 19.2. The largest absolute Gasteiger partial charge is 0.326 e. The number of anilines is 2. The van der Waals surface area contributed by atoms with Crippen LogP contribution in [0.1, 0.15) is 19.8 Å².